The Labute approximate surface area is 174 Å². The van der Waals surface area contributed by atoms with E-state index >= 15 is 0 Å². The normalized spacial score (nSPS) is 20.4. The average Bonchev–Trinajstić information content (AvgIpc) is 2.70. The zero-order valence-corrected chi connectivity index (χ0v) is 16.9. The molecule has 0 unspecified atom stereocenters. The number of ether oxygens (including phenoxy) is 2. The van der Waals surface area contributed by atoms with Gasteiger partial charge in [-0.05, 0) is 29.5 Å². The first-order valence-electron chi connectivity index (χ1n) is 10.2. The van der Waals surface area contributed by atoms with E-state index < -0.39 is 17.6 Å². The number of benzene rings is 2. The Kier molecular flexibility index (Phi) is 5.90. The second-order valence-corrected chi connectivity index (χ2v) is 7.98. The second kappa shape index (κ2) is 8.60. The van der Waals surface area contributed by atoms with Crippen molar-refractivity contribution < 1.29 is 28.2 Å². The van der Waals surface area contributed by atoms with Crippen molar-refractivity contribution in [3.63, 3.8) is 0 Å². The van der Waals surface area contributed by atoms with Crippen molar-refractivity contribution in [1.29, 1.82) is 0 Å². The fourth-order valence-electron chi connectivity index (χ4n) is 4.07. The summed E-state index contributed by atoms with van der Waals surface area (Å²) in [6.45, 7) is 1.01. The molecule has 1 saturated carbocycles. The number of halogens is 2. The van der Waals surface area contributed by atoms with Gasteiger partial charge in [0.05, 0.1) is 11.8 Å². The molecule has 0 bridgehead atoms. The van der Waals surface area contributed by atoms with Gasteiger partial charge >= 0.3 is 5.97 Å². The van der Waals surface area contributed by atoms with Crippen LogP contribution in [0.15, 0.2) is 30.3 Å². The molecule has 2 aliphatic rings. The van der Waals surface area contributed by atoms with Crippen LogP contribution in [0.3, 0.4) is 0 Å². The Morgan fingerprint density at radius 2 is 1.97 bits per heavy atom. The summed E-state index contributed by atoms with van der Waals surface area (Å²) in [5, 5.41) is 8.86. The monoisotopic (exact) mass is 417 g/mol. The molecule has 30 heavy (non-hydrogen) atoms. The number of hydrogen-bond donors (Lipinski definition) is 1. The van der Waals surface area contributed by atoms with Gasteiger partial charge in [0.2, 0.25) is 0 Å². The fourth-order valence-corrected chi connectivity index (χ4v) is 4.07. The van der Waals surface area contributed by atoms with Gasteiger partial charge in [-0.2, -0.15) is 0 Å². The molecule has 7 heteroatoms. The number of carboxylic acid groups (broad SMARTS) is 1. The summed E-state index contributed by atoms with van der Waals surface area (Å²) in [6, 6.07) is 8.56. The van der Waals surface area contributed by atoms with E-state index in [-0.39, 0.29) is 24.3 Å². The maximum absolute atomic E-state index is 14.6. The van der Waals surface area contributed by atoms with Gasteiger partial charge < -0.3 is 19.5 Å². The second-order valence-electron chi connectivity index (χ2n) is 7.98. The number of carboxylic acids is 1. The standard InChI is InChI=1S/C23H25F2NO4/c1-29-17-9-18(10-17)30-19-11-20(24)23(25)21(12-19)26-7-6-15-8-14(3-5-22(27)28)2-4-16(15)13-26/h2,4,8,11-12,17-18H,3,5-7,9-10,13H2,1H3,(H,27,28)/t17-,18-. The highest BCUT2D eigenvalue weighted by molar-refractivity contribution is 5.67. The van der Waals surface area contributed by atoms with Crippen LogP contribution in [-0.2, 0) is 28.9 Å². The van der Waals surface area contributed by atoms with Crippen LogP contribution in [0.25, 0.3) is 0 Å². The Morgan fingerprint density at radius 1 is 1.17 bits per heavy atom. The summed E-state index contributed by atoms with van der Waals surface area (Å²) in [4.78, 5) is 12.6. The van der Waals surface area contributed by atoms with E-state index in [1.54, 1.807) is 13.2 Å². The predicted molar refractivity (Wildman–Crippen MR) is 108 cm³/mol. The number of aliphatic carboxylic acids is 1. The number of methoxy groups -OCH3 is 1. The van der Waals surface area contributed by atoms with Crippen LogP contribution in [0.2, 0.25) is 0 Å². The molecule has 0 aromatic heterocycles. The third kappa shape index (κ3) is 4.41. The van der Waals surface area contributed by atoms with E-state index in [1.165, 1.54) is 0 Å². The summed E-state index contributed by atoms with van der Waals surface area (Å²) in [6.07, 6.45) is 2.86. The minimum absolute atomic E-state index is 0.0426. The summed E-state index contributed by atoms with van der Waals surface area (Å²) >= 11 is 0. The van der Waals surface area contributed by atoms with E-state index in [2.05, 4.69) is 0 Å². The molecular formula is C23H25F2NO4. The SMILES string of the molecule is CO[C@H]1C[C@H](Oc2cc(F)c(F)c(N3CCc4cc(CCC(=O)O)ccc4C3)c2)C1. The number of hydrogen-bond acceptors (Lipinski definition) is 4. The first-order valence-corrected chi connectivity index (χ1v) is 10.2. The van der Waals surface area contributed by atoms with Gasteiger partial charge in [0, 0.05) is 51.6 Å². The van der Waals surface area contributed by atoms with E-state index in [4.69, 9.17) is 14.6 Å². The molecule has 2 aromatic rings. The Morgan fingerprint density at radius 3 is 2.70 bits per heavy atom. The third-order valence-electron chi connectivity index (χ3n) is 5.92. The Balaban J connectivity index is 1.49. The van der Waals surface area contributed by atoms with Gasteiger partial charge in [-0.25, -0.2) is 8.78 Å². The minimum atomic E-state index is -0.917. The molecule has 1 N–H and O–H groups in total. The lowest BCUT2D eigenvalue weighted by atomic mass is 9.92. The molecule has 160 valence electrons. The van der Waals surface area contributed by atoms with Gasteiger partial charge in [0.25, 0.3) is 0 Å². The van der Waals surface area contributed by atoms with Crippen molar-refractivity contribution in [2.75, 3.05) is 18.6 Å². The number of rotatable bonds is 7. The molecule has 0 radical (unpaired) electrons. The molecule has 1 heterocycles. The molecule has 4 rings (SSSR count). The van der Waals surface area contributed by atoms with Crippen LogP contribution in [0.4, 0.5) is 14.5 Å². The summed E-state index contributed by atoms with van der Waals surface area (Å²) in [5.74, 6) is -2.27. The summed E-state index contributed by atoms with van der Waals surface area (Å²) in [7, 11) is 1.65. The van der Waals surface area contributed by atoms with Crippen molar-refractivity contribution in [3.8, 4) is 5.75 Å². The summed E-state index contributed by atoms with van der Waals surface area (Å²) < 4.78 is 39.9. The van der Waals surface area contributed by atoms with Crippen LogP contribution in [0, 0.1) is 11.6 Å². The van der Waals surface area contributed by atoms with Crippen molar-refractivity contribution in [1.82, 2.24) is 0 Å². The van der Waals surface area contributed by atoms with E-state index in [0.717, 1.165) is 35.6 Å². The lowest BCUT2D eigenvalue weighted by molar-refractivity contribution is -0.136. The van der Waals surface area contributed by atoms with Gasteiger partial charge in [-0.3, -0.25) is 4.79 Å². The van der Waals surface area contributed by atoms with Crippen LogP contribution in [0.5, 0.6) is 5.75 Å². The number of aryl methyl sites for hydroxylation is 1. The Bertz CT molecular complexity index is 943. The van der Waals surface area contributed by atoms with Crippen molar-refractivity contribution in [2.45, 2.75) is 50.9 Å². The number of carbonyl (C=O) groups is 1. The van der Waals surface area contributed by atoms with Crippen LogP contribution < -0.4 is 9.64 Å². The molecule has 1 aliphatic heterocycles. The highest BCUT2D eigenvalue weighted by Crippen LogP contribution is 2.34. The van der Waals surface area contributed by atoms with Crippen molar-refractivity contribution >= 4 is 11.7 Å². The van der Waals surface area contributed by atoms with Crippen LogP contribution in [-0.4, -0.2) is 36.9 Å². The average molecular weight is 417 g/mol. The first-order chi connectivity index (χ1) is 14.4. The number of nitrogens with zero attached hydrogens (tertiary/aromatic N) is 1. The fraction of sp³-hybridized carbons (Fsp3) is 0.435. The van der Waals surface area contributed by atoms with Crippen molar-refractivity contribution in [2.24, 2.45) is 0 Å². The summed E-state index contributed by atoms with van der Waals surface area (Å²) in [5.41, 5.74) is 3.34. The molecule has 0 spiro atoms. The topological polar surface area (TPSA) is 59.0 Å². The van der Waals surface area contributed by atoms with Gasteiger partial charge in [0.15, 0.2) is 11.6 Å². The predicted octanol–water partition coefficient (Wildman–Crippen LogP) is 4.10. The number of fused-ring (bicyclic) bond motifs is 1. The van der Waals surface area contributed by atoms with Crippen LogP contribution in [0.1, 0.15) is 36.0 Å². The third-order valence-corrected chi connectivity index (χ3v) is 5.92. The largest absolute Gasteiger partial charge is 0.490 e. The van der Waals surface area contributed by atoms with E-state index in [9.17, 15) is 13.6 Å². The highest BCUT2D eigenvalue weighted by atomic mass is 19.2. The minimum Gasteiger partial charge on any atom is -0.490 e. The smallest absolute Gasteiger partial charge is 0.303 e. The lowest BCUT2D eigenvalue weighted by Crippen LogP contribution is -2.39. The molecule has 1 fully saturated rings. The zero-order chi connectivity index (χ0) is 21.3. The quantitative estimate of drug-likeness (QED) is 0.735. The molecule has 2 aromatic carbocycles. The van der Waals surface area contributed by atoms with Gasteiger partial charge in [-0.15, -0.1) is 0 Å². The van der Waals surface area contributed by atoms with Gasteiger partial charge in [0.1, 0.15) is 11.9 Å². The van der Waals surface area contributed by atoms with Crippen molar-refractivity contribution in [3.05, 3.63) is 58.7 Å². The number of anilines is 1. The zero-order valence-electron chi connectivity index (χ0n) is 16.9. The maximum Gasteiger partial charge on any atom is 0.303 e. The maximum atomic E-state index is 14.6. The Hall–Kier alpha value is -2.67. The molecule has 5 nitrogen and oxygen atoms in total. The van der Waals surface area contributed by atoms with E-state index in [1.807, 2.05) is 23.1 Å². The van der Waals surface area contributed by atoms with E-state index in [0.29, 0.717) is 31.7 Å². The molecule has 0 amide bonds. The molecule has 0 saturated heterocycles. The first kappa shape index (κ1) is 20.6. The molecule has 1 aliphatic carbocycles. The van der Waals surface area contributed by atoms with Crippen LogP contribution >= 0.6 is 0 Å². The molecule has 0 atom stereocenters. The lowest BCUT2D eigenvalue weighted by Gasteiger charge is -2.35. The molecular weight excluding hydrogens is 392 g/mol. The highest BCUT2D eigenvalue weighted by Gasteiger charge is 2.31. The van der Waals surface area contributed by atoms with Gasteiger partial charge in [-0.1, -0.05) is 18.2 Å².